The van der Waals surface area contributed by atoms with Crippen LogP contribution in [0.1, 0.15) is 15.9 Å². The second kappa shape index (κ2) is 7.00. The molecule has 0 saturated carbocycles. The van der Waals surface area contributed by atoms with Gasteiger partial charge in [0.05, 0.1) is 11.3 Å². The van der Waals surface area contributed by atoms with E-state index in [1.165, 1.54) is 11.8 Å². The van der Waals surface area contributed by atoms with Crippen LogP contribution in [0.2, 0.25) is 0 Å². The first kappa shape index (κ1) is 15.9. The van der Waals surface area contributed by atoms with Gasteiger partial charge < -0.3 is 10.0 Å². The van der Waals surface area contributed by atoms with Crippen LogP contribution in [0.5, 0.6) is 0 Å². The number of hydrogen-bond donors (Lipinski definition) is 1. The minimum atomic E-state index is -0.893. The quantitative estimate of drug-likeness (QED) is 0.791. The molecule has 0 aliphatic heterocycles. The second-order valence-electron chi connectivity index (χ2n) is 4.65. The van der Waals surface area contributed by atoms with Gasteiger partial charge in [0, 0.05) is 23.0 Å². The summed E-state index contributed by atoms with van der Waals surface area (Å²) in [7, 11) is 1.91. The van der Waals surface area contributed by atoms with Crippen LogP contribution in [-0.4, -0.2) is 24.4 Å². The largest absolute Gasteiger partial charge is 0.478 e. The number of halogens is 1. The molecule has 0 atom stereocenters. The Labute approximate surface area is 137 Å². The summed E-state index contributed by atoms with van der Waals surface area (Å²) in [6.07, 6.45) is 1.89. The Morgan fingerprint density at radius 3 is 2.62 bits per heavy atom. The summed E-state index contributed by atoms with van der Waals surface area (Å²) in [5.74, 6) is -0.893. The predicted octanol–water partition coefficient (Wildman–Crippen LogP) is 4.51. The third-order valence-electron chi connectivity index (χ3n) is 3.16. The van der Waals surface area contributed by atoms with Gasteiger partial charge in [0.15, 0.2) is 0 Å². The maximum atomic E-state index is 11.6. The van der Waals surface area contributed by atoms with Crippen LogP contribution in [0.3, 0.4) is 0 Å². The molecule has 2 aromatic carbocycles. The van der Waals surface area contributed by atoms with Gasteiger partial charge >= 0.3 is 5.97 Å². The van der Waals surface area contributed by atoms with Crippen molar-refractivity contribution < 1.29 is 9.90 Å². The minimum Gasteiger partial charge on any atom is -0.478 e. The molecule has 0 heterocycles. The highest BCUT2D eigenvalue weighted by Crippen LogP contribution is 2.30. The summed E-state index contributed by atoms with van der Waals surface area (Å²) >= 11 is 4.90. The van der Waals surface area contributed by atoms with Crippen molar-refractivity contribution in [1.29, 1.82) is 0 Å². The highest BCUT2D eigenvalue weighted by Gasteiger charge is 2.17. The predicted molar refractivity (Wildman–Crippen MR) is 91.4 cm³/mol. The van der Waals surface area contributed by atoms with Crippen LogP contribution in [0, 0.1) is 0 Å². The lowest BCUT2D eigenvalue weighted by Gasteiger charge is -2.22. The van der Waals surface area contributed by atoms with Gasteiger partial charge in [-0.25, -0.2) is 4.79 Å². The van der Waals surface area contributed by atoms with Gasteiger partial charge in [-0.2, -0.15) is 0 Å². The van der Waals surface area contributed by atoms with Crippen LogP contribution in [0.25, 0.3) is 0 Å². The molecule has 2 rings (SSSR count). The van der Waals surface area contributed by atoms with Crippen molar-refractivity contribution in [3.63, 3.8) is 0 Å². The summed E-state index contributed by atoms with van der Waals surface area (Å²) in [6.45, 7) is 0.650. The SMILES string of the molecule is CSc1cccc(N(C)Cc2cccc(Br)c2)c1C(=O)O. The van der Waals surface area contributed by atoms with E-state index in [0.29, 0.717) is 12.1 Å². The highest BCUT2D eigenvalue weighted by molar-refractivity contribution is 9.10. The third kappa shape index (κ3) is 3.80. The van der Waals surface area contributed by atoms with E-state index < -0.39 is 5.97 Å². The molecule has 110 valence electrons. The highest BCUT2D eigenvalue weighted by atomic mass is 79.9. The average Bonchev–Trinajstić information content (AvgIpc) is 2.46. The lowest BCUT2D eigenvalue weighted by molar-refractivity contribution is 0.0694. The molecule has 3 nitrogen and oxygen atoms in total. The van der Waals surface area contributed by atoms with Crippen LogP contribution in [0.15, 0.2) is 51.8 Å². The Morgan fingerprint density at radius 1 is 1.29 bits per heavy atom. The molecule has 0 spiro atoms. The normalized spacial score (nSPS) is 10.4. The molecule has 1 N–H and O–H groups in total. The first-order chi connectivity index (χ1) is 10.0. The van der Waals surface area contributed by atoms with E-state index in [-0.39, 0.29) is 0 Å². The van der Waals surface area contributed by atoms with Crippen LogP contribution >= 0.6 is 27.7 Å². The van der Waals surface area contributed by atoms with E-state index in [9.17, 15) is 9.90 Å². The molecule has 0 amide bonds. The Hall–Kier alpha value is -1.46. The van der Waals surface area contributed by atoms with Gasteiger partial charge in [-0.1, -0.05) is 34.1 Å². The molecule has 0 aliphatic carbocycles. The number of hydrogen-bond acceptors (Lipinski definition) is 3. The second-order valence-corrected chi connectivity index (χ2v) is 6.41. The van der Waals surface area contributed by atoms with E-state index in [1.807, 2.05) is 60.7 Å². The average molecular weight is 366 g/mol. The number of thioether (sulfide) groups is 1. The molecule has 0 aromatic heterocycles. The molecule has 0 unspecified atom stereocenters. The number of nitrogens with zero attached hydrogens (tertiary/aromatic N) is 1. The summed E-state index contributed by atoms with van der Waals surface area (Å²) in [5.41, 5.74) is 2.22. The van der Waals surface area contributed by atoms with E-state index in [1.54, 1.807) is 0 Å². The summed E-state index contributed by atoms with van der Waals surface area (Å²) in [4.78, 5) is 14.3. The van der Waals surface area contributed by atoms with E-state index in [0.717, 1.165) is 20.6 Å². The fourth-order valence-electron chi connectivity index (χ4n) is 2.22. The fraction of sp³-hybridized carbons (Fsp3) is 0.188. The van der Waals surface area contributed by atoms with Gasteiger partial charge in [0.1, 0.15) is 0 Å². The van der Waals surface area contributed by atoms with Gasteiger partial charge in [-0.05, 0) is 36.1 Å². The minimum absolute atomic E-state index is 0.363. The number of carboxylic acid groups (broad SMARTS) is 1. The van der Waals surface area contributed by atoms with Crippen LogP contribution < -0.4 is 4.90 Å². The smallest absolute Gasteiger partial charge is 0.338 e. The van der Waals surface area contributed by atoms with Crippen molar-refractivity contribution in [2.45, 2.75) is 11.4 Å². The number of anilines is 1. The van der Waals surface area contributed by atoms with Crippen molar-refractivity contribution in [2.24, 2.45) is 0 Å². The zero-order chi connectivity index (χ0) is 15.4. The molecule has 21 heavy (non-hydrogen) atoms. The number of benzene rings is 2. The maximum absolute atomic E-state index is 11.6. The van der Waals surface area contributed by atoms with Gasteiger partial charge in [-0.15, -0.1) is 11.8 Å². The Morgan fingerprint density at radius 2 is 2.00 bits per heavy atom. The third-order valence-corrected chi connectivity index (χ3v) is 4.43. The number of rotatable bonds is 5. The molecular weight excluding hydrogens is 350 g/mol. The van der Waals surface area contributed by atoms with Crippen LogP contribution in [0.4, 0.5) is 5.69 Å². The number of carbonyl (C=O) groups is 1. The van der Waals surface area contributed by atoms with Crippen molar-refractivity contribution >= 4 is 39.3 Å². The van der Waals surface area contributed by atoms with Gasteiger partial charge in [0.2, 0.25) is 0 Å². The summed E-state index contributed by atoms with van der Waals surface area (Å²) in [6, 6.07) is 13.6. The summed E-state index contributed by atoms with van der Waals surface area (Å²) in [5, 5.41) is 9.49. The first-order valence-electron chi connectivity index (χ1n) is 6.39. The lowest BCUT2D eigenvalue weighted by Crippen LogP contribution is -2.19. The number of carboxylic acids is 1. The zero-order valence-corrected chi connectivity index (χ0v) is 14.2. The van der Waals surface area contributed by atoms with E-state index in [4.69, 9.17) is 0 Å². The maximum Gasteiger partial charge on any atom is 0.338 e. The van der Waals surface area contributed by atoms with Gasteiger partial charge in [-0.3, -0.25) is 0 Å². The molecule has 0 radical (unpaired) electrons. The van der Waals surface area contributed by atoms with Crippen molar-refractivity contribution in [3.8, 4) is 0 Å². The monoisotopic (exact) mass is 365 g/mol. The molecule has 5 heteroatoms. The molecule has 2 aromatic rings. The standard InChI is InChI=1S/C16H16BrNO2S/c1-18(10-11-5-3-6-12(17)9-11)13-7-4-8-14(21-2)15(13)16(19)20/h3-9H,10H2,1-2H3,(H,19,20). The number of aromatic carboxylic acids is 1. The molecule has 0 bridgehead atoms. The topological polar surface area (TPSA) is 40.5 Å². The molecule has 0 saturated heterocycles. The molecule has 0 fully saturated rings. The Bertz CT molecular complexity index is 660. The fourth-order valence-corrected chi connectivity index (χ4v) is 3.27. The lowest BCUT2D eigenvalue weighted by atomic mass is 10.1. The van der Waals surface area contributed by atoms with Crippen LogP contribution in [-0.2, 0) is 6.54 Å². The van der Waals surface area contributed by atoms with Gasteiger partial charge in [0.25, 0.3) is 0 Å². The zero-order valence-electron chi connectivity index (χ0n) is 11.8. The summed E-state index contributed by atoms with van der Waals surface area (Å²) < 4.78 is 1.02. The van der Waals surface area contributed by atoms with Crippen molar-refractivity contribution in [3.05, 3.63) is 58.1 Å². The van der Waals surface area contributed by atoms with Crippen molar-refractivity contribution in [1.82, 2.24) is 0 Å². The first-order valence-corrected chi connectivity index (χ1v) is 8.40. The van der Waals surface area contributed by atoms with E-state index >= 15 is 0 Å². The molecule has 0 aliphatic rings. The Kier molecular flexibility index (Phi) is 5.31. The molecular formula is C16H16BrNO2S. The Balaban J connectivity index is 2.35. The van der Waals surface area contributed by atoms with E-state index in [2.05, 4.69) is 15.9 Å². The van der Waals surface area contributed by atoms with Crippen molar-refractivity contribution in [2.75, 3.05) is 18.2 Å².